The van der Waals surface area contributed by atoms with Crippen LogP contribution < -0.4 is 68.5 Å². The number of para-hydroxylation sites is 1. The molecule has 1 unspecified atom stereocenters. The number of likely N-dealkylation sites (tertiary alicyclic amines) is 1. The van der Waals surface area contributed by atoms with Crippen molar-refractivity contribution in [2.75, 3.05) is 72.2 Å². The summed E-state index contributed by atoms with van der Waals surface area (Å²) < 4.78 is 29.5. The van der Waals surface area contributed by atoms with Gasteiger partial charge >= 0.3 is 12.1 Å². The first-order chi connectivity index (χ1) is 69.0. The summed E-state index contributed by atoms with van der Waals surface area (Å²) in [6.45, 7) is 10.7. The molecule has 0 aliphatic carbocycles. The number of carbonyl (C=O) groups is 16. The standard InChI is InChI=1S/C103H133ClN16O24S/c1-57(2)45-71(90(127)106-42-24-43-120-85(126)53-80(98(120)135)145-44-40-84(125)117(8)60(5)100(137)143-89-99(136)119(10)77-50-65(51-78(140-11)86(77)104)46-58(3)25-23-33-81(141-12)103(139)54-79(142-101(138)116-103)59(4)88-102(89,7)144-88)111-92(129)72(47-62-26-15-13-16-27-62)109-83(124)56-108-82(123)39-38-76-95(132)113-73(48-64-34-36-67(122)37-35-64)93(130)112-74(52-66-55-107-69-31-20-19-30-68(66)69)94(131)110-70(32-21-22-41-105)91(128)115-87(61(6)121)96(133)114-75(97(134)118(76)9)49-63-28-17-14-18-29-63/h13-20,23,25-31,33-37,50-51,55,57,59-61,70-76,79-81,87-89,107,121-122,139H,21-22,24,32,38-49,52-54,56,105H2,1-12H3,(H,106,127)(H,108,123)(H,109,124)(H,110,131)(H,111,129)(H,112,130)(H,113,132)(H,114,133)(H,115,128)(H,116,138)/b33-23+,58-25+/t59-,60+,61-,70+,71+,72+,73+,74-,75+,76+,79+,80?,81-,87+,88+,89+,102-,103+/m1/s1. The van der Waals surface area contributed by atoms with Crippen LogP contribution in [0.1, 0.15) is 140 Å². The fourth-order valence-corrected chi connectivity index (χ4v) is 19.6. The van der Waals surface area contributed by atoms with E-state index in [0.29, 0.717) is 58.0 Å². The Morgan fingerprint density at radius 2 is 1.35 bits per heavy atom. The first kappa shape index (κ1) is 112. The van der Waals surface area contributed by atoms with E-state index in [-0.39, 0.29) is 118 Å². The number of unbranched alkanes of at least 4 members (excludes halogenated alkanes) is 1. The molecular weight excluding hydrogens is 1910 g/mol. The minimum absolute atomic E-state index is 0.0154. The van der Waals surface area contributed by atoms with Gasteiger partial charge in [-0.15, -0.1) is 11.8 Å². The molecule has 18 atom stereocenters. The van der Waals surface area contributed by atoms with Crippen LogP contribution >= 0.6 is 23.4 Å². The molecule has 782 valence electrons. The number of rotatable bonds is 37. The van der Waals surface area contributed by atoms with Gasteiger partial charge in [0, 0.05) is 121 Å². The highest BCUT2D eigenvalue weighted by atomic mass is 35.5. The van der Waals surface area contributed by atoms with E-state index in [9.17, 15) is 72.9 Å². The predicted octanol–water partition coefficient (Wildman–Crippen LogP) is 3.73. The van der Waals surface area contributed by atoms with E-state index in [4.69, 9.17) is 41.0 Å². The van der Waals surface area contributed by atoms with Crippen molar-refractivity contribution in [3.8, 4) is 11.5 Å². The smallest absolute Gasteiger partial charge is 0.409 e. The predicted molar refractivity (Wildman–Crippen MR) is 537 cm³/mol. The largest absolute Gasteiger partial charge is 0.508 e. The Bertz CT molecular complexity index is 5740. The number of thioether (sulfide) groups is 1. The first-order valence-corrected chi connectivity index (χ1v) is 50.0. The van der Waals surface area contributed by atoms with Gasteiger partial charge in [-0.1, -0.05) is 147 Å². The van der Waals surface area contributed by atoms with Gasteiger partial charge in [0.15, 0.2) is 5.72 Å². The quantitative estimate of drug-likeness (QED) is 0.0114. The van der Waals surface area contributed by atoms with Gasteiger partial charge in [-0.25, -0.2) is 9.59 Å². The maximum absolute atomic E-state index is 15.5. The summed E-state index contributed by atoms with van der Waals surface area (Å²) in [5.74, 6) is -13.0. The topological polar surface area (TPSA) is 558 Å². The van der Waals surface area contributed by atoms with Crippen LogP contribution in [-0.2, 0) is 123 Å². The summed E-state index contributed by atoms with van der Waals surface area (Å²) in [7, 11) is 6.84. The third-order valence-corrected chi connectivity index (χ3v) is 28.3. The number of amides is 15. The fraction of sp³-hybridized carbons (Fsp3) is 0.495. The minimum atomic E-state index is -1.96. The number of nitrogens with two attached hydrogens (primary N) is 1. The highest BCUT2D eigenvalue weighted by Gasteiger charge is 2.67. The number of alkyl carbamates (subject to hydrolysis) is 1. The molecule has 1 aromatic heterocycles. The molecule has 42 heteroatoms. The summed E-state index contributed by atoms with van der Waals surface area (Å²) in [6.07, 6.45) is -1.88. The number of methoxy groups -OCH3 is 2. The van der Waals surface area contributed by atoms with Crippen molar-refractivity contribution in [1.82, 2.24) is 72.9 Å². The number of H-pyrrole nitrogens is 1. The summed E-state index contributed by atoms with van der Waals surface area (Å²) in [5, 5.41) is 60.3. The monoisotopic (exact) mass is 2040 g/mol. The molecule has 6 aromatic rings. The molecule has 16 N–H and O–H groups in total. The molecule has 6 heterocycles. The Kier molecular flexibility index (Phi) is 39.7. The Hall–Kier alpha value is -13.3. The zero-order valence-corrected chi connectivity index (χ0v) is 85.0. The molecule has 5 aliphatic rings. The second-order valence-corrected chi connectivity index (χ2v) is 39.7. The Morgan fingerprint density at radius 1 is 0.710 bits per heavy atom. The highest BCUT2D eigenvalue weighted by Crippen LogP contribution is 2.50. The number of epoxide rings is 1. The van der Waals surface area contributed by atoms with Gasteiger partial charge in [-0.05, 0) is 143 Å². The van der Waals surface area contributed by atoms with E-state index < -0.39 is 222 Å². The van der Waals surface area contributed by atoms with E-state index in [1.54, 1.807) is 135 Å². The van der Waals surface area contributed by atoms with E-state index in [2.05, 4.69) is 58.2 Å². The number of hydrogen-bond acceptors (Lipinski definition) is 26. The molecule has 40 nitrogen and oxygen atoms in total. The number of anilines is 1. The first-order valence-electron chi connectivity index (χ1n) is 48.6. The van der Waals surface area contributed by atoms with E-state index >= 15 is 19.2 Å². The van der Waals surface area contributed by atoms with Crippen LogP contribution in [0.15, 0.2) is 151 Å². The van der Waals surface area contributed by atoms with Gasteiger partial charge in [0.25, 0.3) is 5.91 Å². The zero-order chi connectivity index (χ0) is 105. The average molecular weight is 2050 g/mol. The van der Waals surface area contributed by atoms with Crippen molar-refractivity contribution >= 4 is 135 Å². The van der Waals surface area contributed by atoms with Crippen LogP contribution in [0, 0.1) is 11.8 Å². The third kappa shape index (κ3) is 29.8. The number of phenols is 1. The lowest BCUT2D eigenvalue weighted by molar-refractivity contribution is -0.165. The number of hydrogen-bond donors (Lipinski definition) is 15. The molecule has 5 aromatic carbocycles. The number of ether oxygens (including phenoxy) is 5. The molecule has 0 spiro atoms. The lowest BCUT2D eigenvalue weighted by Crippen LogP contribution is -2.63. The normalized spacial score (nSPS) is 25.0. The number of halogens is 1. The maximum atomic E-state index is 15.5. The Labute approximate surface area is 850 Å². The number of allylic oxidation sites excluding steroid dienone is 3. The van der Waals surface area contributed by atoms with Crippen molar-refractivity contribution in [2.45, 2.75) is 246 Å². The van der Waals surface area contributed by atoms with Crippen molar-refractivity contribution in [3.05, 3.63) is 184 Å². The van der Waals surface area contributed by atoms with Crippen molar-refractivity contribution < 1.29 is 116 Å². The number of aromatic nitrogens is 1. The number of fused-ring (bicyclic) bond motifs is 6. The molecule has 4 bridgehead atoms. The molecule has 0 saturated carbocycles. The maximum Gasteiger partial charge on any atom is 0.409 e. The average Bonchev–Trinajstić information content (AvgIpc) is 1.56. The summed E-state index contributed by atoms with van der Waals surface area (Å²) in [4.78, 5) is 240. The Balaban J connectivity index is 0.718. The lowest BCUT2D eigenvalue weighted by atomic mass is 9.84. The second-order valence-electron chi connectivity index (χ2n) is 38.0. The number of likely N-dealkylation sites (N-methyl/N-ethyl adjacent to an activating group) is 3. The highest BCUT2D eigenvalue weighted by molar-refractivity contribution is 8.00. The molecule has 4 fully saturated rings. The van der Waals surface area contributed by atoms with Gasteiger partial charge in [0.05, 0.1) is 36.8 Å². The van der Waals surface area contributed by atoms with Gasteiger partial charge in [-0.3, -0.25) is 77.3 Å². The van der Waals surface area contributed by atoms with Crippen molar-refractivity contribution in [1.29, 1.82) is 0 Å². The van der Waals surface area contributed by atoms with Crippen molar-refractivity contribution in [3.63, 3.8) is 0 Å². The third-order valence-electron chi connectivity index (χ3n) is 26.7. The Morgan fingerprint density at radius 3 is 2.03 bits per heavy atom. The number of aromatic hydroxyl groups is 1. The zero-order valence-electron chi connectivity index (χ0n) is 83.4. The van der Waals surface area contributed by atoms with Gasteiger partial charge in [-0.2, -0.15) is 0 Å². The number of nitrogens with one attached hydrogen (secondary N) is 11. The number of carbonyl (C=O) groups excluding carboxylic acids is 16. The number of aliphatic hydroxyl groups excluding tert-OH is 1. The molecule has 5 aliphatic heterocycles. The summed E-state index contributed by atoms with van der Waals surface area (Å²) in [6, 6.07) is 19.9. The number of benzene rings is 5. The number of aromatic amines is 1. The van der Waals surface area contributed by atoms with Crippen LogP contribution in [-0.4, -0.2) is 299 Å². The van der Waals surface area contributed by atoms with Gasteiger partial charge in [0.1, 0.15) is 88.7 Å². The van der Waals surface area contributed by atoms with Crippen molar-refractivity contribution in [2.24, 2.45) is 17.6 Å². The number of nitrogens with zero attached hydrogens (tertiary/aromatic N) is 4. The minimum Gasteiger partial charge on any atom is -0.508 e. The van der Waals surface area contributed by atoms with Crippen LogP contribution in [0.2, 0.25) is 5.02 Å². The number of esters is 1. The van der Waals surface area contributed by atoms with E-state index in [1.165, 1.54) is 78.4 Å². The second kappa shape index (κ2) is 51.4. The summed E-state index contributed by atoms with van der Waals surface area (Å²) >= 11 is 7.99. The molecule has 145 heavy (non-hydrogen) atoms. The summed E-state index contributed by atoms with van der Waals surface area (Å²) in [5.41, 5.74) is 6.80. The van der Waals surface area contributed by atoms with E-state index in [0.717, 1.165) is 32.0 Å². The molecule has 15 amide bonds. The lowest BCUT2D eigenvalue weighted by Gasteiger charge is -2.42. The van der Waals surface area contributed by atoms with Crippen LogP contribution in [0.4, 0.5) is 10.5 Å². The molecule has 11 rings (SSSR count). The van der Waals surface area contributed by atoms with Gasteiger partial charge in [0.2, 0.25) is 82.9 Å². The van der Waals surface area contributed by atoms with Crippen LogP contribution in [0.5, 0.6) is 11.5 Å². The molecule has 4 saturated heterocycles. The fourth-order valence-electron chi connectivity index (χ4n) is 18.2. The number of imide groups is 1. The number of phenolic OH excluding ortho intramolecular Hbond substituents is 1. The molecular formula is C103H133ClN16O24S. The van der Waals surface area contributed by atoms with E-state index in [1.807, 2.05) is 20.8 Å². The van der Waals surface area contributed by atoms with Crippen LogP contribution in [0.25, 0.3) is 10.9 Å². The van der Waals surface area contributed by atoms with Crippen LogP contribution in [0.3, 0.4) is 0 Å². The SMILES string of the molecule is COc1cc2cc(c1Cl)N(C)C(=O)[C@H](OC(=O)[C@H](C)N(C)C(=O)CCSC1CC(=O)N(CCCNC(=O)[C@H](CC(C)C)NC(=O)[C@H](Cc3ccccc3)NC(=O)CNC(=O)CC[C@H]3C(=O)N[C@@H](Cc4ccc(O)cc4)C(=O)N[C@H](Cc4c[nH]c5ccccc45)C(=O)N[C@@H](CCCCN)C(=O)N[C@@H]([C@@H](C)O)C(=O)N[C@@H](Cc4ccccc4)C(=O)N3C)C1=O)[C@]1(C)O[C@H]1[C@H](C)[C@@H]1C[C@@](O)(NC(=O)O1)[C@H](OC)/C=C/C=C(\C)C2. The number of aliphatic hydroxyl groups is 2. The molecule has 0 radical (unpaired) electrons. The van der Waals surface area contributed by atoms with Gasteiger partial charge < -0.3 is 112 Å².